The van der Waals surface area contributed by atoms with E-state index in [4.69, 9.17) is 4.74 Å². The second kappa shape index (κ2) is 7.92. The highest BCUT2D eigenvalue weighted by molar-refractivity contribution is 9.10. The first-order valence-electron chi connectivity index (χ1n) is 7.23. The van der Waals surface area contributed by atoms with Crippen LogP contribution in [-0.2, 0) is 9.53 Å². The van der Waals surface area contributed by atoms with E-state index in [0.29, 0.717) is 5.56 Å². The monoisotopic (exact) mass is 392 g/mol. The number of methoxy groups -OCH3 is 1. The summed E-state index contributed by atoms with van der Waals surface area (Å²) in [7, 11) is 1.30. The smallest absolute Gasteiger partial charge is 0.307 e. The Labute approximate surface area is 147 Å². The number of rotatable bonds is 6. The number of hydrogen-bond donors (Lipinski definition) is 2. The molecule has 126 valence electrons. The molecule has 0 saturated heterocycles. The average molecular weight is 393 g/mol. The molecular formula is C17H17BrN2O4. The van der Waals surface area contributed by atoms with Crippen LogP contribution in [0.5, 0.6) is 0 Å². The number of halogens is 1. The summed E-state index contributed by atoms with van der Waals surface area (Å²) in [5.41, 5.74) is 1.45. The zero-order chi connectivity index (χ0) is 17.7. The third-order valence-electron chi connectivity index (χ3n) is 3.51. The molecule has 1 amide bonds. The predicted molar refractivity (Wildman–Crippen MR) is 91.8 cm³/mol. The van der Waals surface area contributed by atoms with Crippen molar-refractivity contribution in [2.75, 3.05) is 7.11 Å². The maximum Gasteiger partial charge on any atom is 0.307 e. The molecule has 2 aromatic rings. The van der Waals surface area contributed by atoms with Crippen LogP contribution in [0.2, 0.25) is 0 Å². The summed E-state index contributed by atoms with van der Waals surface area (Å²) in [5.74, 6) is -0.970. The number of ether oxygens (including phenoxy) is 1. The lowest BCUT2D eigenvalue weighted by Crippen LogP contribution is -2.30. The summed E-state index contributed by atoms with van der Waals surface area (Å²) in [6, 6.07) is 8.22. The number of benzene rings is 1. The number of hydrogen-bond acceptors (Lipinski definition) is 4. The van der Waals surface area contributed by atoms with Crippen LogP contribution in [0.3, 0.4) is 0 Å². The molecule has 0 aliphatic rings. The average Bonchev–Trinajstić information content (AvgIpc) is 3.05. The molecule has 2 rings (SSSR count). The number of nitrogens with one attached hydrogen (secondary N) is 2. The fraction of sp³-hybridized carbons (Fsp3) is 0.235. The highest BCUT2D eigenvalue weighted by atomic mass is 79.9. The van der Waals surface area contributed by atoms with Crippen molar-refractivity contribution in [3.8, 4) is 0 Å². The van der Waals surface area contributed by atoms with Crippen molar-refractivity contribution >= 4 is 33.6 Å². The first-order chi connectivity index (χ1) is 11.4. The molecule has 24 heavy (non-hydrogen) atoms. The van der Waals surface area contributed by atoms with Gasteiger partial charge < -0.3 is 15.0 Å². The van der Waals surface area contributed by atoms with Crippen LogP contribution in [0.1, 0.15) is 45.8 Å². The lowest BCUT2D eigenvalue weighted by Gasteiger charge is -2.18. The maximum absolute atomic E-state index is 12.4. The number of ketones is 1. The van der Waals surface area contributed by atoms with Gasteiger partial charge >= 0.3 is 5.97 Å². The summed E-state index contributed by atoms with van der Waals surface area (Å²) < 4.78 is 5.59. The van der Waals surface area contributed by atoms with Crippen LogP contribution in [0.4, 0.5) is 0 Å². The molecule has 0 fully saturated rings. The number of amides is 1. The second-order valence-electron chi connectivity index (χ2n) is 5.22. The lowest BCUT2D eigenvalue weighted by molar-refractivity contribution is -0.141. The first kappa shape index (κ1) is 17.9. The van der Waals surface area contributed by atoms with Crippen LogP contribution in [-0.4, -0.2) is 29.8 Å². The van der Waals surface area contributed by atoms with Gasteiger partial charge in [-0.3, -0.25) is 14.4 Å². The van der Waals surface area contributed by atoms with Gasteiger partial charge in [0, 0.05) is 16.2 Å². The Morgan fingerprint density at radius 1 is 1.25 bits per heavy atom. The molecule has 0 radical (unpaired) electrons. The van der Waals surface area contributed by atoms with Crippen LogP contribution >= 0.6 is 15.9 Å². The molecule has 1 heterocycles. The van der Waals surface area contributed by atoms with Crippen molar-refractivity contribution in [2.45, 2.75) is 19.4 Å². The van der Waals surface area contributed by atoms with Gasteiger partial charge in [0.25, 0.3) is 5.91 Å². The zero-order valence-corrected chi connectivity index (χ0v) is 14.8. The van der Waals surface area contributed by atoms with Crippen LogP contribution in [0, 0.1) is 0 Å². The van der Waals surface area contributed by atoms with Gasteiger partial charge in [-0.25, -0.2) is 0 Å². The largest absolute Gasteiger partial charge is 0.469 e. The van der Waals surface area contributed by atoms with E-state index in [2.05, 4.69) is 26.2 Å². The van der Waals surface area contributed by atoms with Crippen molar-refractivity contribution in [3.05, 3.63) is 57.8 Å². The Bertz CT molecular complexity index is 752. The molecule has 2 N–H and O–H groups in total. The van der Waals surface area contributed by atoms with E-state index >= 15 is 0 Å². The van der Waals surface area contributed by atoms with E-state index in [1.165, 1.54) is 26.3 Å². The van der Waals surface area contributed by atoms with Gasteiger partial charge in [0.15, 0.2) is 5.78 Å². The Kier molecular flexibility index (Phi) is 5.92. The number of esters is 1. The number of aromatic nitrogens is 1. The molecule has 1 aromatic carbocycles. The van der Waals surface area contributed by atoms with E-state index in [0.717, 1.165) is 10.0 Å². The summed E-state index contributed by atoms with van der Waals surface area (Å²) in [6.07, 6.45) is 1.48. The second-order valence-corrected chi connectivity index (χ2v) is 6.13. The molecule has 0 bridgehead atoms. The molecule has 0 aliphatic carbocycles. The van der Waals surface area contributed by atoms with Gasteiger partial charge in [0.05, 0.1) is 19.6 Å². The molecule has 6 nitrogen and oxygen atoms in total. The minimum atomic E-state index is -0.540. The fourth-order valence-electron chi connectivity index (χ4n) is 2.16. The van der Waals surface area contributed by atoms with Crippen molar-refractivity contribution in [1.82, 2.24) is 10.3 Å². The Morgan fingerprint density at radius 3 is 2.46 bits per heavy atom. The Morgan fingerprint density at radius 2 is 1.92 bits per heavy atom. The van der Waals surface area contributed by atoms with Gasteiger partial charge in [0.1, 0.15) is 5.69 Å². The third-order valence-corrected chi connectivity index (χ3v) is 4.04. The van der Waals surface area contributed by atoms with Crippen molar-refractivity contribution in [3.63, 3.8) is 0 Å². The first-order valence-corrected chi connectivity index (χ1v) is 8.02. The molecular weight excluding hydrogens is 376 g/mol. The predicted octanol–water partition coefficient (Wildman–Crippen LogP) is 3.01. The highest BCUT2D eigenvalue weighted by Gasteiger charge is 2.21. The summed E-state index contributed by atoms with van der Waals surface area (Å²) in [4.78, 5) is 38.1. The number of carbonyl (C=O) groups is 3. The molecule has 7 heteroatoms. The van der Waals surface area contributed by atoms with Crippen molar-refractivity contribution < 1.29 is 19.1 Å². The summed E-state index contributed by atoms with van der Waals surface area (Å²) in [6.45, 7) is 1.42. The number of carbonyl (C=O) groups excluding carboxylic acids is 3. The minimum absolute atomic E-state index is 0.00411. The molecule has 1 atom stereocenters. The Hall–Kier alpha value is -2.41. The van der Waals surface area contributed by atoms with E-state index in [1.54, 1.807) is 0 Å². The molecule has 0 spiro atoms. The fourth-order valence-corrected chi connectivity index (χ4v) is 2.43. The van der Waals surface area contributed by atoms with Crippen molar-refractivity contribution in [2.24, 2.45) is 0 Å². The normalized spacial score (nSPS) is 11.6. The SMILES string of the molecule is COC(=O)CC(NC(=O)c1cc(C(C)=O)c[nH]1)c1ccc(Br)cc1. The van der Waals surface area contributed by atoms with E-state index in [-0.39, 0.29) is 17.9 Å². The lowest BCUT2D eigenvalue weighted by atomic mass is 10.0. The number of Topliss-reactive ketones (excluding diaryl/α,β-unsaturated/α-hetero) is 1. The van der Waals surface area contributed by atoms with Crippen molar-refractivity contribution in [1.29, 1.82) is 0 Å². The standard InChI is InChI=1S/C17H17BrN2O4/c1-10(21)12-7-15(19-9-12)17(23)20-14(8-16(22)24-2)11-3-5-13(18)6-4-11/h3-7,9,14,19H,8H2,1-2H3,(H,20,23). The number of aromatic amines is 1. The van der Waals surface area contributed by atoms with Gasteiger partial charge in [0.2, 0.25) is 0 Å². The molecule has 1 aromatic heterocycles. The van der Waals surface area contributed by atoms with Crippen LogP contribution < -0.4 is 5.32 Å². The van der Waals surface area contributed by atoms with Gasteiger partial charge in [-0.2, -0.15) is 0 Å². The minimum Gasteiger partial charge on any atom is -0.469 e. The molecule has 0 aliphatic heterocycles. The van der Waals surface area contributed by atoms with Gasteiger partial charge in [-0.05, 0) is 30.7 Å². The summed E-state index contributed by atoms with van der Waals surface area (Å²) >= 11 is 3.35. The van der Waals surface area contributed by atoms with Crippen LogP contribution in [0.25, 0.3) is 0 Å². The van der Waals surface area contributed by atoms with E-state index in [9.17, 15) is 14.4 Å². The Balaban J connectivity index is 2.20. The van der Waals surface area contributed by atoms with Gasteiger partial charge in [-0.1, -0.05) is 28.1 Å². The molecule has 0 saturated carbocycles. The quantitative estimate of drug-likeness (QED) is 0.584. The topological polar surface area (TPSA) is 88.3 Å². The van der Waals surface area contributed by atoms with Gasteiger partial charge in [-0.15, -0.1) is 0 Å². The highest BCUT2D eigenvalue weighted by Crippen LogP contribution is 2.21. The van der Waals surface area contributed by atoms with Crippen LogP contribution in [0.15, 0.2) is 41.0 Å². The van der Waals surface area contributed by atoms with E-state index in [1.807, 2.05) is 24.3 Å². The maximum atomic E-state index is 12.4. The molecule has 1 unspecified atom stereocenters. The summed E-state index contributed by atoms with van der Waals surface area (Å²) in [5, 5.41) is 2.79. The number of H-pyrrole nitrogens is 1. The third kappa shape index (κ3) is 4.55. The zero-order valence-electron chi connectivity index (χ0n) is 13.3. The van der Waals surface area contributed by atoms with E-state index < -0.39 is 17.9 Å².